The Hall–Kier alpha value is -1.29. The van der Waals surface area contributed by atoms with E-state index in [2.05, 4.69) is 4.74 Å². The van der Waals surface area contributed by atoms with Gasteiger partial charge in [-0.1, -0.05) is 0 Å². The third kappa shape index (κ3) is 2.60. The highest BCUT2D eigenvalue weighted by atomic mass is 16.5. The first-order valence-electron chi connectivity index (χ1n) is 4.56. The number of aliphatic hydroxyl groups is 1. The Morgan fingerprint density at radius 1 is 1.71 bits per heavy atom. The normalized spacial score (nSPS) is 12.5. The van der Waals surface area contributed by atoms with Crippen molar-refractivity contribution < 1.29 is 14.6 Å². The second kappa shape index (κ2) is 4.81. The summed E-state index contributed by atoms with van der Waals surface area (Å²) in [5, 5.41) is 9.11. The molecule has 1 N–H and O–H groups in total. The van der Waals surface area contributed by atoms with Crippen molar-refractivity contribution >= 4 is 5.97 Å². The van der Waals surface area contributed by atoms with Crippen LogP contribution in [0.4, 0.5) is 0 Å². The molecule has 1 aromatic rings. The lowest BCUT2D eigenvalue weighted by molar-refractivity contribution is 0.0586. The molecule has 1 heterocycles. The van der Waals surface area contributed by atoms with Gasteiger partial charge in [0.05, 0.1) is 13.2 Å². The van der Waals surface area contributed by atoms with Crippen LogP contribution in [0.1, 0.15) is 23.8 Å². The van der Waals surface area contributed by atoms with Crippen LogP contribution in [0.5, 0.6) is 0 Å². The molecule has 14 heavy (non-hydrogen) atoms. The topological polar surface area (TPSA) is 51.5 Å². The third-order valence-electron chi connectivity index (χ3n) is 2.01. The SMILES string of the molecule is COC(=O)c1cccn1CCC(C)O. The first-order valence-corrected chi connectivity index (χ1v) is 4.56. The lowest BCUT2D eigenvalue weighted by Crippen LogP contribution is -2.13. The Bertz CT molecular complexity index is 304. The van der Waals surface area contributed by atoms with Crippen LogP contribution >= 0.6 is 0 Å². The van der Waals surface area contributed by atoms with Crippen molar-refractivity contribution in [2.75, 3.05) is 7.11 Å². The standard InChI is InChI=1S/C10H15NO3/c1-8(12)5-7-11-6-3-4-9(11)10(13)14-2/h3-4,6,8,12H,5,7H2,1-2H3. The number of aryl methyl sites for hydroxylation is 1. The molecule has 0 aromatic carbocycles. The fourth-order valence-electron chi connectivity index (χ4n) is 1.22. The molecule has 0 saturated heterocycles. The minimum absolute atomic E-state index is 0.347. The maximum absolute atomic E-state index is 11.2. The number of nitrogens with zero attached hydrogens (tertiary/aromatic N) is 1. The molecule has 0 radical (unpaired) electrons. The molecule has 4 heteroatoms. The summed E-state index contributed by atoms with van der Waals surface area (Å²) in [7, 11) is 1.36. The summed E-state index contributed by atoms with van der Waals surface area (Å²) in [6, 6.07) is 3.49. The average Bonchev–Trinajstić information content (AvgIpc) is 2.61. The van der Waals surface area contributed by atoms with Crippen LogP contribution in [0.25, 0.3) is 0 Å². The van der Waals surface area contributed by atoms with Gasteiger partial charge in [-0.25, -0.2) is 4.79 Å². The van der Waals surface area contributed by atoms with Crippen LogP contribution < -0.4 is 0 Å². The molecular formula is C10H15NO3. The van der Waals surface area contributed by atoms with Gasteiger partial charge in [-0.3, -0.25) is 0 Å². The van der Waals surface area contributed by atoms with Crippen LogP contribution in [-0.4, -0.2) is 28.9 Å². The highest BCUT2D eigenvalue weighted by Crippen LogP contribution is 2.06. The van der Waals surface area contributed by atoms with E-state index in [0.29, 0.717) is 18.7 Å². The van der Waals surface area contributed by atoms with Crippen molar-refractivity contribution in [3.63, 3.8) is 0 Å². The lowest BCUT2D eigenvalue weighted by Gasteiger charge is -2.08. The minimum atomic E-state index is -0.358. The van der Waals surface area contributed by atoms with Crippen molar-refractivity contribution in [3.8, 4) is 0 Å². The van der Waals surface area contributed by atoms with E-state index in [0.717, 1.165) is 0 Å². The quantitative estimate of drug-likeness (QED) is 0.734. The van der Waals surface area contributed by atoms with Gasteiger partial charge in [-0.05, 0) is 25.5 Å². The first-order chi connectivity index (χ1) is 6.65. The van der Waals surface area contributed by atoms with Crippen molar-refractivity contribution in [2.24, 2.45) is 0 Å². The van der Waals surface area contributed by atoms with E-state index in [1.807, 2.05) is 0 Å². The Kier molecular flexibility index (Phi) is 3.71. The number of carbonyl (C=O) groups is 1. The number of hydrogen-bond donors (Lipinski definition) is 1. The molecule has 0 aliphatic rings. The molecule has 1 aromatic heterocycles. The number of aromatic nitrogens is 1. The summed E-state index contributed by atoms with van der Waals surface area (Å²) in [5.41, 5.74) is 0.521. The van der Waals surface area contributed by atoms with Crippen LogP contribution in [-0.2, 0) is 11.3 Å². The summed E-state index contributed by atoms with van der Waals surface area (Å²) >= 11 is 0. The number of methoxy groups -OCH3 is 1. The molecule has 0 amide bonds. The average molecular weight is 197 g/mol. The number of ether oxygens (including phenoxy) is 1. The van der Waals surface area contributed by atoms with Gasteiger partial charge >= 0.3 is 5.97 Å². The number of esters is 1. The maximum atomic E-state index is 11.2. The summed E-state index contributed by atoms with van der Waals surface area (Å²) in [5.74, 6) is -0.347. The molecule has 0 aliphatic carbocycles. The summed E-state index contributed by atoms with van der Waals surface area (Å²) in [6.07, 6.45) is 2.07. The molecule has 0 saturated carbocycles. The van der Waals surface area contributed by atoms with Gasteiger partial charge in [-0.15, -0.1) is 0 Å². The van der Waals surface area contributed by atoms with E-state index in [-0.39, 0.29) is 12.1 Å². The van der Waals surface area contributed by atoms with Gasteiger partial charge < -0.3 is 14.4 Å². The van der Waals surface area contributed by atoms with Crippen molar-refractivity contribution in [3.05, 3.63) is 24.0 Å². The highest BCUT2D eigenvalue weighted by molar-refractivity contribution is 5.87. The van der Waals surface area contributed by atoms with Gasteiger partial charge in [0.25, 0.3) is 0 Å². The molecular weight excluding hydrogens is 182 g/mol. The Morgan fingerprint density at radius 2 is 2.43 bits per heavy atom. The van der Waals surface area contributed by atoms with Crippen molar-refractivity contribution in [2.45, 2.75) is 26.0 Å². The second-order valence-electron chi connectivity index (χ2n) is 3.22. The second-order valence-corrected chi connectivity index (χ2v) is 3.22. The molecule has 78 valence electrons. The fraction of sp³-hybridized carbons (Fsp3) is 0.500. The number of hydrogen-bond acceptors (Lipinski definition) is 3. The van der Waals surface area contributed by atoms with Crippen LogP contribution in [0.15, 0.2) is 18.3 Å². The zero-order valence-electron chi connectivity index (χ0n) is 8.43. The van der Waals surface area contributed by atoms with Gasteiger partial charge in [0.2, 0.25) is 0 Å². The van der Waals surface area contributed by atoms with Crippen molar-refractivity contribution in [1.29, 1.82) is 0 Å². The smallest absolute Gasteiger partial charge is 0.354 e. The highest BCUT2D eigenvalue weighted by Gasteiger charge is 2.10. The molecule has 0 bridgehead atoms. The number of rotatable bonds is 4. The largest absolute Gasteiger partial charge is 0.464 e. The van der Waals surface area contributed by atoms with Gasteiger partial charge in [0.15, 0.2) is 0 Å². The van der Waals surface area contributed by atoms with E-state index in [1.54, 1.807) is 29.8 Å². The van der Waals surface area contributed by atoms with E-state index in [1.165, 1.54) is 7.11 Å². The number of aliphatic hydroxyl groups excluding tert-OH is 1. The molecule has 0 fully saturated rings. The van der Waals surface area contributed by atoms with E-state index in [9.17, 15) is 4.79 Å². The minimum Gasteiger partial charge on any atom is -0.464 e. The Balaban J connectivity index is 2.67. The van der Waals surface area contributed by atoms with Crippen LogP contribution in [0.3, 0.4) is 0 Å². The first kappa shape index (κ1) is 10.8. The van der Waals surface area contributed by atoms with E-state index in [4.69, 9.17) is 5.11 Å². The summed E-state index contributed by atoms with van der Waals surface area (Å²) in [4.78, 5) is 11.2. The fourth-order valence-corrected chi connectivity index (χ4v) is 1.22. The van der Waals surface area contributed by atoms with Crippen LogP contribution in [0.2, 0.25) is 0 Å². The Morgan fingerprint density at radius 3 is 3.00 bits per heavy atom. The van der Waals surface area contributed by atoms with Gasteiger partial charge in [-0.2, -0.15) is 0 Å². The Labute approximate surface area is 83.1 Å². The summed E-state index contributed by atoms with van der Waals surface area (Å²) < 4.78 is 6.40. The van der Waals surface area contributed by atoms with Crippen LogP contribution in [0, 0.1) is 0 Å². The molecule has 1 rings (SSSR count). The summed E-state index contributed by atoms with van der Waals surface area (Å²) in [6.45, 7) is 2.34. The zero-order valence-corrected chi connectivity index (χ0v) is 8.43. The zero-order chi connectivity index (χ0) is 10.6. The molecule has 0 spiro atoms. The molecule has 4 nitrogen and oxygen atoms in total. The monoisotopic (exact) mass is 197 g/mol. The van der Waals surface area contributed by atoms with Crippen molar-refractivity contribution in [1.82, 2.24) is 4.57 Å². The van der Waals surface area contributed by atoms with E-state index < -0.39 is 0 Å². The third-order valence-corrected chi connectivity index (χ3v) is 2.01. The van der Waals surface area contributed by atoms with E-state index >= 15 is 0 Å². The van der Waals surface area contributed by atoms with Gasteiger partial charge in [0, 0.05) is 12.7 Å². The molecule has 0 aliphatic heterocycles. The predicted molar refractivity (Wildman–Crippen MR) is 52.1 cm³/mol. The lowest BCUT2D eigenvalue weighted by atomic mass is 10.3. The predicted octanol–water partition coefficient (Wildman–Crippen LogP) is 1.05. The van der Waals surface area contributed by atoms with Gasteiger partial charge in [0.1, 0.15) is 5.69 Å². The molecule has 1 atom stereocenters. The number of carbonyl (C=O) groups excluding carboxylic acids is 1. The maximum Gasteiger partial charge on any atom is 0.354 e. The molecule has 1 unspecified atom stereocenters.